The highest BCUT2D eigenvalue weighted by Gasteiger charge is 2.33. The summed E-state index contributed by atoms with van der Waals surface area (Å²) in [6.45, 7) is 4.02. The number of fused-ring (bicyclic) bond motifs is 1. The van der Waals surface area contributed by atoms with Gasteiger partial charge in [-0.2, -0.15) is 17.7 Å². The van der Waals surface area contributed by atoms with E-state index in [1.54, 1.807) is 4.52 Å². The van der Waals surface area contributed by atoms with Gasteiger partial charge < -0.3 is 10.2 Å². The molecule has 1 aliphatic rings. The van der Waals surface area contributed by atoms with E-state index in [4.69, 9.17) is 0 Å². The average molecular weight is 364 g/mol. The lowest BCUT2D eigenvalue weighted by Crippen LogP contribution is -2.50. The lowest BCUT2D eigenvalue weighted by Gasteiger charge is -2.40. The van der Waals surface area contributed by atoms with Crippen LogP contribution in [0.1, 0.15) is 11.5 Å². The maximum absolute atomic E-state index is 12.5. The molecule has 0 aromatic carbocycles. The SMILES string of the molecule is Cc1nnc2ccc(N3CC(CNc4ccc(C(F)(F)F)nn4)C3)nn12. The van der Waals surface area contributed by atoms with Crippen molar-refractivity contribution in [2.24, 2.45) is 5.92 Å². The summed E-state index contributed by atoms with van der Waals surface area (Å²) in [6.07, 6.45) is -4.47. The number of nitrogens with zero attached hydrogens (tertiary/aromatic N) is 7. The van der Waals surface area contributed by atoms with Crippen molar-refractivity contribution in [3.63, 3.8) is 0 Å². The lowest BCUT2D eigenvalue weighted by atomic mass is 10.0. The summed E-state index contributed by atoms with van der Waals surface area (Å²) in [4.78, 5) is 2.11. The molecule has 0 spiro atoms. The summed E-state index contributed by atoms with van der Waals surface area (Å²) < 4.78 is 39.1. The minimum absolute atomic E-state index is 0.330. The Morgan fingerprint density at radius 1 is 1.08 bits per heavy atom. The van der Waals surface area contributed by atoms with Gasteiger partial charge in [0, 0.05) is 25.6 Å². The van der Waals surface area contributed by atoms with Crippen LogP contribution in [0, 0.1) is 12.8 Å². The van der Waals surface area contributed by atoms with Crippen molar-refractivity contribution >= 4 is 17.3 Å². The molecule has 1 fully saturated rings. The van der Waals surface area contributed by atoms with Crippen molar-refractivity contribution in [3.05, 3.63) is 35.8 Å². The van der Waals surface area contributed by atoms with E-state index in [9.17, 15) is 13.2 Å². The topological polar surface area (TPSA) is 84.1 Å². The number of hydrogen-bond donors (Lipinski definition) is 1. The molecule has 0 radical (unpaired) electrons. The van der Waals surface area contributed by atoms with Crippen molar-refractivity contribution in [2.75, 3.05) is 29.9 Å². The predicted octanol–water partition coefficient (Wildman–Crippen LogP) is 1.79. The van der Waals surface area contributed by atoms with Gasteiger partial charge in [-0.15, -0.1) is 25.5 Å². The highest BCUT2D eigenvalue weighted by Crippen LogP contribution is 2.27. The molecule has 8 nitrogen and oxygen atoms in total. The van der Waals surface area contributed by atoms with Crippen LogP contribution in [0.4, 0.5) is 24.8 Å². The normalized spacial score (nSPS) is 15.3. The molecule has 0 unspecified atom stereocenters. The van der Waals surface area contributed by atoms with Crippen LogP contribution in [0.15, 0.2) is 24.3 Å². The second kappa shape index (κ2) is 6.07. The maximum atomic E-state index is 12.5. The maximum Gasteiger partial charge on any atom is 0.435 e. The molecule has 4 heterocycles. The Bertz CT molecular complexity index is 915. The molecule has 4 rings (SSSR count). The van der Waals surface area contributed by atoms with Gasteiger partial charge in [0.1, 0.15) is 11.6 Å². The fourth-order valence-electron chi connectivity index (χ4n) is 2.77. The van der Waals surface area contributed by atoms with E-state index in [0.717, 1.165) is 30.8 Å². The first-order valence-electron chi connectivity index (χ1n) is 7.99. The quantitative estimate of drug-likeness (QED) is 0.755. The third kappa shape index (κ3) is 3.11. The molecule has 0 amide bonds. The van der Waals surface area contributed by atoms with E-state index >= 15 is 0 Å². The number of hydrogen-bond acceptors (Lipinski definition) is 7. The Morgan fingerprint density at radius 2 is 1.88 bits per heavy atom. The lowest BCUT2D eigenvalue weighted by molar-refractivity contribution is -0.141. The number of anilines is 2. The Morgan fingerprint density at radius 3 is 2.58 bits per heavy atom. The molecule has 0 bridgehead atoms. The molecular formula is C15H15F3N8. The summed E-state index contributed by atoms with van der Waals surface area (Å²) in [5.74, 6) is 2.24. The summed E-state index contributed by atoms with van der Waals surface area (Å²) in [6, 6.07) is 5.97. The van der Waals surface area contributed by atoms with Gasteiger partial charge in [0.15, 0.2) is 17.2 Å². The van der Waals surface area contributed by atoms with Gasteiger partial charge in [-0.05, 0) is 31.2 Å². The number of alkyl halides is 3. The van der Waals surface area contributed by atoms with Gasteiger partial charge in [0.2, 0.25) is 0 Å². The average Bonchev–Trinajstić information content (AvgIpc) is 2.94. The van der Waals surface area contributed by atoms with Gasteiger partial charge in [0.25, 0.3) is 0 Å². The minimum Gasteiger partial charge on any atom is -0.368 e. The van der Waals surface area contributed by atoms with Crippen LogP contribution in [-0.4, -0.2) is 49.6 Å². The van der Waals surface area contributed by atoms with Crippen molar-refractivity contribution in [2.45, 2.75) is 13.1 Å². The van der Waals surface area contributed by atoms with Crippen LogP contribution in [0.5, 0.6) is 0 Å². The largest absolute Gasteiger partial charge is 0.435 e. The second-order valence-corrected chi connectivity index (χ2v) is 6.16. The molecule has 3 aromatic rings. The molecule has 0 saturated carbocycles. The monoisotopic (exact) mass is 364 g/mol. The van der Waals surface area contributed by atoms with E-state index in [2.05, 4.69) is 35.7 Å². The Labute approximate surface area is 146 Å². The van der Waals surface area contributed by atoms with Crippen molar-refractivity contribution in [3.8, 4) is 0 Å². The molecule has 136 valence electrons. The molecule has 26 heavy (non-hydrogen) atoms. The van der Waals surface area contributed by atoms with E-state index in [1.807, 2.05) is 19.1 Å². The first kappa shape index (κ1) is 16.5. The third-order valence-electron chi connectivity index (χ3n) is 4.21. The smallest absolute Gasteiger partial charge is 0.368 e. The van der Waals surface area contributed by atoms with Crippen LogP contribution in [0.3, 0.4) is 0 Å². The van der Waals surface area contributed by atoms with Crippen LogP contribution < -0.4 is 10.2 Å². The van der Waals surface area contributed by atoms with Crippen molar-refractivity contribution in [1.82, 2.24) is 30.0 Å². The van der Waals surface area contributed by atoms with Crippen molar-refractivity contribution < 1.29 is 13.2 Å². The Balaban J connectivity index is 1.31. The van der Waals surface area contributed by atoms with Crippen molar-refractivity contribution in [1.29, 1.82) is 0 Å². The van der Waals surface area contributed by atoms with Crippen LogP contribution in [0.2, 0.25) is 0 Å². The zero-order valence-electron chi connectivity index (χ0n) is 13.8. The first-order valence-corrected chi connectivity index (χ1v) is 7.99. The van der Waals surface area contributed by atoms with Gasteiger partial charge in [-0.3, -0.25) is 0 Å². The van der Waals surface area contributed by atoms with E-state index in [0.29, 0.717) is 23.9 Å². The number of aryl methyl sites for hydroxylation is 1. The first-order chi connectivity index (χ1) is 12.4. The molecule has 1 N–H and O–H groups in total. The number of aromatic nitrogens is 6. The summed E-state index contributed by atoms with van der Waals surface area (Å²) in [5.41, 5.74) is -0.297. The minimum atomic E-state index is -4.47. The van der Waals surface area contributed by atoms with Crippen LogP contribution >= 0.6 is 0 Å². The third-order valence-corrected chi connectivity index (χ3v) is 4.21. The number of rotatable bonds is 4. The van der Waals surface area contributed by atoms with Crippen LogP contribution in [0.25, 0.3) is 5.65 Å². The second-order valence-electron chi connectivity index (χ2n) is 6.16. The standard InChI is InChI=1S/C15H15F3N8/c1-9-20-23-13-4-5-14(24-26(9)13)25-7-10(8-25)6-19-12-3-2-11(21-22-12)15(16,17)18/h2-5,10H,6-8H2,1H3,(H,19,22). The molecule has 0 aliphatic carbocycles. The van der Waals surface area contributed by atoms with Gasteiger partial charge in [0.05, 0.1) is 0 Å². The summed E-state index contributed by atoms with van der Waals surface area (Å²) in [5, 5.41) is 22.3. The van der Waals surface area contributed by atoms with E-state index < -0.39 is 11.9 Å². The fourth-order valence-corrected chi connectivity index (χ4v) is 2.77. The predicted molar refractivity (Wildman–Crippen MR) is 86.7 cm³/mol. The van der Waals surface area contributed by atoms with Gasteiger partial charge in [-0.1, -0.05) is 0 Å². The molecular weight excluding hydrogens is 349 g/mol. The summed E-state index contributed by atoms with van der Waals surface area (Å²) in [7, 11) is 0. The van der Waals surface area contributed by atoms with Gasteiger partial charge in [-0.25, -0.2) is 0 Å². The molecule has 0 atom stereocenters. The molecule has 3 aromatic heterocycles. The van der Waals surface area contributed by atoms with Gasteiger partial charge >= 0.3 is 6.18 Å². The highest BCUT2D eigenvalue weighted by molar-refractivity contribution is 5.47. The molecule has 1 aliphatic heterocycles. The summed E-state index contributed by atoms with van der Waals surface area (Å²) >= 11 is 0. The fraction of sp³-hybridized carbons (Fsp3) is 0.400. The zero-order valence-corrected chi connectivity index (χ0v) is 13.8. The Hall–Kier alpha value is -2.98. The zero-order chi connectivity index (χ0) is 18.3. The molecule has 1 saturated heterocycles. The van der Waals surface area contributed by atoms with E-state index in [-0.39, 0.29) is 0 Å². The number of nitrogens with one attached hydrogen (secondary N) is 1. The molecule has 11 heteroatoms. The van der Waals surface area contributed by atoms with Crippen LogP contribution in [-0.2, 0) is 6.18 Å². The highest BCUT2D eigenvalue weighted by atomic mass is 19.4. The Kier molecular flexibility index (Phi) is 3.85. The number of halogens is 3. The van der Waals surface area contributed by atoms with E-state index in [1.165, 1.54) is 6.07 Å².